The van der Waals surface area contributed by atoms with Crippen molar-refractivity contribution in [2.24, 2.45) is 0 Å². The number of carbonyl (C=O) groups excluding carboxylic acids is 1. The number of carbonyl (C=O) groups is 1. The van der Waals surface area contributed by atoms with Gasteiger partial charge in [-0.2, -0.15) is 0 Å². The number of oxazole rings is 1. The fourth-order valence-electron chi connectivity index (χ4n) is 2.94. The molecule has 4 aromatic rings. The third-order valence-electron chi connectivity index (χ3n) is 4.31. The van der Waals surface area contributed by atoms with Crippen molar-refractivity contribution in [1.82, 2.24) is 4.98 Å². The molecule has 28 heavy (non-hydrogen) atoms. The molecule has 4 rings (SSSR count). The van der Waals surface area contributed by atoms with Crippen LogP contribution in [-0.4, -0.2) is 10.9 Å². The van der Waals surface area contributed by atoms with Crippen LogP contribution in [0.15, 0.2) is 87.9 Å². The molecule has 0 unspecified atom stereocenters. The van der Waals surface area contributed by atoms with Crippen molar-refractivity contribution in [2.45, 2.75) is 6.92 Å². The van der Waals surface area contributed by atoms with Crippen LogP contribution < -0.4 is 5.32 Å². The topological polar surface area (TPSA) is 55.1 Å². The van der Waals surface area contributed by atoms with E-state index in [0.29, 0.717) is 22.8 Å². The lowest BCUT2D eigenvalue weighted by Crippen LogP contribution is -2.13. The van der Waals surface area contributed by atoms with Crippen LogP contribution in [0, 0.1) is 6.92 Å². The molecule has 4 nitrogen and oxygen atoms in total. The van der Waals surface area contributed by atoms with Gasteiger partial charge in [0, 0.05) is 21.3 Å². The van der Waals surface area contributed by atoms with Crippen LogP contribution in [0.25, 0.3) is 22.8 Å². The number of hydrogen-bond acceptors (Lipinski definition) is 3. The average molecular weight is 433 g/mol. The second kappa shape index (κ2) is 7.82. The van der Waals surface area contributed by atoms with Gasteiger partial charge < -0.3 is 9.73 Å². The predicted octanol–water partition coefficient (Wildman–Crippen LogP) is 6.33. The number of anilines is 1. The number of amides is 1. The monoisotopic (exact) mass is 432 g/mol. The molecule has 1 aromatic heterocycles. The Morgan fingerprint density at radius 1 is 1.00 bits per heavy atom. The molecule has 1 heterocycles. The first-order valence-electron chi connectivity index (χ1n) is 8.79. The number of nitrogens with zero attached hydrogens (tertiary/aromatic N) is 1. The summed E-state index contributed by atoms with van der Waals surface area (Å²) in [6.45, 7) is 1.99. The molecule has 0 aliphatic heterocycles. The Labute approximate surface area is 171 Å². The molecule has 0 bridgehead atoms. The maximum absolute atomic E-state index is 12.8. The van der Waals surface area contributed by atoms with E-state index in [1.807, 2.05) is 73.7 Å². The minimum Gasteiger partial charge on any atom is -0.436 e. The van der Waals surface area contributed by atoms with Crippen molar-refractivity contribution in [3.05, 3.63) is 94.6 Å². The van der Waals surface area contributed by atoms with E-state index in [9.17, 15) is 4.79 Å². The van der Waals surface area contributed by atoms with Gasteiger partial charge in [0.2, 0.25) is 5.89 Å². The minimum atomic E-state index is -0.204. The molecule has 138 valence electrons. The van der Waals surface area contributed by atoms with Crippen molar-refractivity contribution in [2.75, 3.05) is 5.32 Å². The smallest absolute Gasteiger partial charge is 0.256 e. The molecule has 0 atom stereocenters. The summed E-state index contributed by atoms with van der Waals surface area (Å²) in [6.07, 6.45) is 1.67. The number of hydrogen-bond donors (Lipinski definition) is 1. The minimum absolute atomic E-state index is 0.204. The molecule has 0 saturated heterocycles. The number of aryl methyl sites for hydroxylation is 1. The second-order valence-corrected chi connectivity index (χ2v) is 7.32. The number of rotatable bonds is 4. The third kappa shape index (κ3) is 3.89. The Kier molecular flexibility index (Phi) is 5.08. The summed E-state index contributed by atoms with van der Waals surface area (Å²) in [7, 11) is 0. The van der Waals surface area contributed by atoms with E-state index < -0.39 is 0 Å². The molecule has 0 aliphatic carbocycles. The fourth-order valence-corrected chi connectivity index (χ4v) is 3.20. The standard InChI is InChI=1S/C23H17BrN2O2/c1-15-5-4-6-18(13-15)26-22(27)19-7-2-3-8-20(19)23-25-14-21(28-23)16-9-11-17(24)12-10-16/h2-14H,1H3,(H,26,27). The molecular weight excluding hydrogens is 416 g/mol. The highest BCUT2D eigenvalue weighted by Crippen LogP contribution is 2.29. The van der Waals surface area contributed by atoms with Gasteiger partial charge in [0.05, 0.1) is 11.8 Å². The Hall–Kier alpha value is -3.18. The molecule has 1 amide bonds. The van der Waals surface area contributed by atoms with E-state index in [1.54, 1.807) is 12.3 Å². The lowest BCUT2D eigenvalue weighted by molar-refractivity contribution is 0.102. The Morgan fingerprint density at radius 2 is 1.79 bits per heavy atom. The molecule has 1 N–H and O–H groups in total. The highest BCUT2D eigenvalue weighted by atomic mass is 79.9. The summed E-state index contributed by atoms with van der Waals surface area (Å²) in [5, 5.41) is 2.94. The predicted molar refractivity (Wildman–Crippen MR) is 114 cm³/mol. The van der Waals surface area contributed by atoms with Crippen LogP contribution in [-0.2, 0) is 0 Å². The lowest BCUT2D eigenvalue weighted by Gasteiger charge is -2.09. The Bertz CT molecular complexity index is 1130. The summed E-state index contributed by atoms with van der Waals surface area (Å²) in [5.41, 5.74) is 3.91. The van der Waals surface area contributed by atoms with Crippen LogP contribution >= 0.6 is 15.9 Å². The van der Waals surface area contributed by atoms with Gasteiger partial charge in [0.1, 0.15) is 0 Å². The molecule has 0 radical (unpaired) electrons. The maximum atomic E-state index is 12.8. The molecule has 0 spiro atoms. The van der Waals surface area contributed by atoms with Crippen LogP contribution in [0.2, 0.25) is 0 Å². The molecule has 5 heteroatoms. The van der Waals surface area contributed by atoms with E-state index in [0.717, 1.165) is 21.3 Å². The first-order valence-corrected chi connectivity index (χ1v) is 9.58. The van der Waals surface area contributed by atoms with Gasteiger partial charge in [-0.1, -0.05) is 52.3 Å². The summed E-state index contributed by atoms with van der Waals surface area (Å²) in [6, 6.07) is 22.8. The second-order valence-electron chi connectivity index (χ2n) is 6.41. The van der Waals surface area contributed by atoms with Crippen molar-refractivity contribution >= 4 is 27.5 Å². The summed E-state index contributed by atoms with van der Waals surface area (Å²) >= 11 is 3.43. The fraction of sp³-hybridized carbons (Fsp3) is 0.0435. The highest BCUT2D eigenvalue weighted by molar-refractivity contribution is 9.10. The number of halogens is 1. The van der Waals surface area contributed by atoms with Crippen LogP contribution in [0.5, 0.6) is 0 Å². The number of nitrogens with one attached hydrogen (secondary N) is 1. The van der Waals surface area contributed by atoms with Crippen molar-refractivity contribution in [1.29, 1.82) is 0 Å². The van der Waals surface area contributed by atoms with Crippen molar-refractivity contribution < 1.29 is 9.21 Å². The zero-order valence-electron chi connectivity index (χ0n) is 15.1. The molecule has 0 aliphatic rings. The summed E-state index contributed by atoms with van der Waals surface area (Å²) in [5.74, 6) is 0.855. The van der Waals surface area contributed by atoms with Crippen LogP contribution in [0.1, 0.15) is 15.9 Å². The van der Waals surface area contributed by atoms with Gasteiger partial charge in [0.15, 0.2) is 5.76 Å². The number of aromatic nitrogens is 1. The Balaban J connectivity index is 1.65. The van der Waals surface area contributed by atoms with Gasteiger partial charge in [-0.25, -0.2) is 4.98 Å². The summed E-state index contributed by atoms with van der Waals surface area (Å²) in [4.78, 5) is 17.2. The zero-order chi connectivity index (χ0) is 19.5. The van der Waals surface area contributed by atoms with E-state index in [4.69, 9.17) is 4.42 Å². The van der Waals surface area contributed by atoms with Gasteiger partial charge in [-0.15, -0.1) is 0 Å². The highest BCUT2D eigenvalue weighted by Gasteiger charge is 2.17. The first-order chi connectivity index (χ1) is 13.6. The Morgan fingerprint density at radius 3 is 2.57 bits per heavy atom. The van der Waals surface area contributed by atoms with Crippen LogP contribution in [0.3, 0.4) is 0 Å². The van der Waals surface area contributed by atoms with Gasteiger partial charge in [-0.3, -0.25) is 4.79 Å². The average Bonchev–Trinajstić information content (AvgIpc) is 3.18. The normalized spacial score (nSPS) is 10.6. The molecule has 0 fully saturated rings. The quantitative estimate of drug-likeness (QED) is 0.409. The third-order valence-corrected chi connectivity index (χ3v) is 4.84. The summed E-state index contributed by atoms with van der Waals surface area (Å²) < 4.78 is 6.94. The lowest BCUT2D eigenvalue weighted by atomic mass is 10.1. The van der Waals surface area contributed by atoms with Crippen molar-refractivity contribution in [3.8, 4) is 22.8 Å². The largest absolute Gasteiger partial charge is 0.436 e. The molecule has 3 aromatic carbocycles. The molecular formula is C23H17BrN2O2. The van der Waals surface area contributed by atoms with Gasteiger partial charge in [-0.05, 0) is 48.9 Å². The maximum Gasteiger partial charge on any atom is 0.256 e. The first kappa shape index (κ1) is 18.2. The van der Waals surface area contributed by atoms with Gasteiger partial charge in [0.25, 0.3) is 5.91 Å². The van der Waals surface area contributed by atoms with Gasteiger partial charge >= 0.3 is 0 Å². The number of benzene rings is 3. The SMILES string of the molecule is Cc1cccc(NC(=O)c2ccccc2-c2ncc(-c3ccc(Br)cc3)o2)c1. The van der Waals surface area contributed by atoms with E-state index >= 15 is 0 Å². The van der Waals surface area contributed by atoms with E-state index in [-0.39, 0.29) is 5.91 Å². The van der Waals surface area contributed by atoms with E-state index in [2.05, 4.69) is 26.2 Å². The zero-order valence-corrected chi connectivity index (χ0v) is 16.7. The molecule has 0 saturated carbocycles. The van der Waals surface area contributed by atoms with Crippen molar-refractivity contribution in [3.63, 3.8) is 0 Å². The van der Waals surface area contributed by atoms with Crippen LogP contribution in [0.4, 0.5) is 5.69 Å². The van der Waals surface area contributed by atoms with E-state index in [1.165, 1.54) is 0 Å².